The van der Waals surface area contributed by atoms with Crippen molar-refractivity contribution in [3.05, 3.63) is 72.9 Å². The number of carbonyl (C=O) groups excluding carboxylic acids is 3. The fraction of sp³-hybridized carbons (Fsp3) is 0.732. The van der Waals surface area contributed by atoms with Crippen molar-refractivity contribution in [1.82, 2.24) is 0 Å². The lowest BCUT2D eigenvalue weighted by Gasteiger charge is -2.18. The van der Waals surface area contributed by atoms with Crippen LogP contribution < -0.4 is 0 Å². The Morgan fingerprint density at radius 2 is 0.710 bits per heavy atom. The first-order valence-electron chi connectivity index (χ1n) is 26.0. The van der Waals surface area contributed by atoms with E-state index >= 15 is 0 Å². The fourth-order valence-corrected chi connectivity index (χ4v) is 7.16. The standard InChI is InChI=1S/C56H96O6/c1-4-7-10-13-16-19-22-25-28-31-34-37-40-43-46-49-55(58)61-52-53(51-60-54(57)48-45-42-39-36-33-30-27-24-21-18-15-12-9-6-3)62-56(59)50-47-44-41-38-35-32-29-26-23-20-17-14-11-8-5-2/h7,9-10,12-13,16,18-19,21-22,27,30,53H,4-6,8,11,14-15,17,20,23-26,28-29,31-52H2,1-3H3/b10-7-,12-9-,16-13-,21-18-,22-19-,30-27-. The highest BCUT2D eigenvalue weighted by atomic mass is 16.6. The average molecular weight is 865 g/mol. The summed E-state index contributed by atoms with van der Waals surface area (Å²) in [6, 6.07) is 0. The Labute approximate surface area is 382 Å². The first kappa shape index (κ1) is 58.9. The largest absolute Gasteiger partial charge is 0.462 e. The van der Waals surface area contributed by atoms with Crippen LogP contribution in [0.1, 0.15) is 245 Å². The summed E-state index contributed by atoms with van der Waals surface area (Å²) in [5.74, 6) is -0.917. The van der Waals surface area contributed by atoms with Gasteiger partial charge in [-0.15, -0.1) is 0 Å². The molecule has 356 valence electrons. The molecule has 0 N–H and O–H groups in total. The minimum Gasteiger partial charge on any atom is -0.462 e. The van der Waals surface area contributed by atoms with Crippen LogP contribution in [0.15, 0.2) is 72.9 Å². The van der Waals surface area contributed by atoms with E-state index in [9.17, 15) is 14.4 Å². The van der Waals surface area contributed by atoms with Crippen molar-refractivity contribution < 1.29 is 28.6 Å². The van der Waals surface area contributed by atoms with Gasteiger partial charge in [0.05, 0.1) is 0 Å². The molecule has 0 amide bonds. The molecule has 0 bridgehead atoms. The molecule has 0 fully saturated rings. The second-order valence-corrected chi connectivity index (χ2v) is 17.1. The molecule has 0 aliphatic carbocycles. The maximum atomic E-state index is 12.8. The number of hydrogen-bond donors (Lipinski definition) is 0. The summed E-state index contributed by atoms with van der Waals surface area (Å²) < 4.78 is 16.8. The highest BCUT2D eigenvalue weighted by Crippen LogP contribution is 2.15. The van der Waals surface area contributed by atoms with Gasteiger partial charge in [0, 0.05) is 19.3 Å². The molecule has 0 aromatic heterocycles. The number of ether oxygens (including phenoxy) is 3. The van der Waals surface area contributed by atoms with Crippen LogP contribution in [0.2, 0.25) is 0 Å². The Balaban J connectivity index is 4.42. The molecule has 0 aliphatic heterocycles. The van der Waals surface area contributed by atoms with Crippen molar-refractivity contribution in [3.8, 4) is 0 Å². The quantitative estimate of drug-likeness (QED) is 0.0199. The van der Waals surface area contributed by atoms with Gasteiger partial charge in [0.25, 0.3) is 0 Å². The van der Waals surface area contributed by atoms with Crippen molar-refractivity contribution >= 4 is 17.9 Å². The Kier molecular flexibility index (Phi) is 47.9. The second kappa shape index (κ2) is 50.5. The summed E-state index contributed by atoms with van der Waals surface area (Å²) in [6.45, 7) is 6.37. The Morgan fingerprint density at radius 3 is 1.16 bits per heavy atom. The molecule has 0 aromatic rings. The van der Waals surface area contributed by atoms with Crippen LogP contribution in [0, 0.1) is 0 Å². The van der Waals surface area contributed by atoms with E-state index < -0.39 is 6.10 Å². The topological polar surface area (TPSA) is 78.9 Å². The van der Waals surface area contributed by atoms with Crippen LogP contribution >= 0.6 is 0 Å². The number of hydrogen-bond acceptors (Lipinski definition) is 6. The first-order chi connectivity index (χ1) is 30.5. The van der Waals surface area contributed by atoms with Crippen LogP contribution in [-0.4, -0.2) is 37.2 Å². The lowest BCUT2D eigenvalue weighted by atomic mass is 10.0. The Bertz CT molecular complexity index is 1180. The lowest BCUT2D eigenvalue weighted by molar-refractivity contribution is -0.167. The molecule has 62 heavy (non-hydrogen) atoms. The van der Waals surface area contributed by atoms with E-state index in [4.69, 9.17) is 14.2 Å². The highest BCUT2D eigenvalue weighted by Gasteiger charge is 2.19. The monoisotopic (exact) mass is 865 g/mol. The van der Waals surface area contributed by atoms with Gasteiger partial charge in [-0.1, -0.05) is 229 Å². The number of allylic oxidation sites excluding steroid dienone is 12. The van der Waals surface area contributed by atoms with Gasteiger partial charge in [0.2, 0.25) is 0 Å². The van der Waals surface area contributed by atoms with Crippen molar-refractivity contribution in [1.29, 1.82) is 0 Å². The van der Waals surface area contributed by atoms with Gasteiger partial charge >= 0.3 is 17.9 Å². The van der Waals surface area contributed by atoms with Gasteiger partial charge in [-0.05, 0) is 70.6 Å². The Morgan fingerprint density at radius 1 is 0.355 bits per heavy atom. The lowest BCUT2D eigenvalue weighted by Crippen LogP contribution is -2.30. The first-order valence-corrected chi connectivity index (χ1v) is 26.0. The predicted octanol–water partition coefficient (Wildman–Crippen LogP) is 17.0. The van der Waals surface area contributed by atoms with Gasteiger partial charge in [-0.3, -0.25) is 14.4 Å². The molecule has 0 aliphatic rings. The molecular weight excluding hydrogens is 769 g/mol. The summed E-state index contributed by atoms with van der Waals surface area (Å²) in [5.41, 5.74) is 0. The van der Waals surface area contributed by atoms with E-state index in [0.717, 1.165) is 103 Å². The SMILES string of the molecule is CC\C=C/C=C\C=C/CCCCCCCCCC(=O)OCC(COC(=O)CCCCCC/C=C\C/C=C\C/C=C\CC)OC(=O)CCCCCCCCCCCCCCCCC. The molecular formula is C56H96O6. The normalized spacial score (nSPS) is 12.6. The van der Waals surface area contributed by atoms with Crippen molar-refractivity contribution in [3.63, 3.8) is 0 Å². The van der Waals surface area contributed by atoms with E-state index in [-0.39, 0.29) is 31.1 Å². The van der Waals surface area contributed by atoms with Gasteiger partial charge in [0.1, 0.15) is 13.2 Å². The molecule has 6 nitrogen and oxygen atoms in total. The van der Waals surface area contributed by atoms with Gasteiger partial charge in [0.15, 0.2) is 6.10 Å². The van der Waals surface area contributed by atoms with Crippen LogP contribution in [0.25, 0.3) is 0 Å². The molecule has 0 aromatic carbocycles. The zero-order valence-corrected chi connectivity index (χ0v) is 40.6. The predicted molar refractivity (Wildman–Crippen MR) is 265 cm³/mol. The van der Waals surface area contributed by atoms with Crippen LogP contribution in [0.4, 0.5) is 0 Å². The average Bonchev–Trinajstić information content (AvgIpc) is 3.27. The molecule has 1 atom stereocenters. The van der Waals surface area contributed by atoms with E-state index in [0.29, 0.717) is 19.3 Å². The zero-order valence-electron chi connectivity index (χ0n) is 40.6. The third kappa shape index (κ3) is 47.9. The smallest absolute Gasteiger partial charge is 0.306 e. The number of esters is 3. The maximum absolute atomic E-state index is 12.8. The second-order valence-electron chi connectivity index (χ2n) is 17.1. The zero-order chi connectivity index (χ0) is 45.1. The fourth-order valence-electron chi connectivity index (χ4n) is 7.16. The summed E-state index contributed by atoms with van der Waals surface area (Å²) in [4.78, 5) is 38.0. The summed E-state index contributed by atoms with van der Waals surface area (Å²) in [6.07, 6.45) is 63.1. The van der Waals surface area contributed by atoms with E-state index in [1.54, 1.807) is 0 Å². The van der Waals surface area contributed by atoms with Gasteiger partial charge in [-0.25, -0.2) is 0 Å². The number of rotatable bonds is 46. The van der Waals surface area contributed by atoms with Crippen molar-refractivity contribution in [2.24, 2.45) is 0 Å². The van der Waals surface area contributed by atoms with Gasteiger partial charge < -0.3 is 14.2 Å². The van der Waals surface area contributed by atoms with Crippen LogP contribution in [0.3, 0.4) is 0 Å². The highest BCUT2D eigenvalue weighted by molar-refractivity contribution is 5.71. The summed E-state index contributed by atoms with van der Waals surface area (Å²) in [5, 5.41) is 0. The minimum atomic E-state index is -0.787. The van der Waals surface area contributed by atoms with Crippen LogP contribution in [-0.2, 0) is 28.6 Å². The molecule has 0 radical (unpaired) electrons. The third-order valence-electron chi connectivity index (χ3n) is 11.0. The van der Waals surface area contributed by atoms with E-state index in [2.05, 4.69) is 93.7 Å². The molecule has 0 spiro atoms. The molecule has 6 heteroatoms. The minimum absolute atomic E-state index is 0.0877. The molecule has 0 saturated carbocycles. The number of unbranched alkanes of at least 4 members (excludes halogenated alkanes) is 25. The van der Waals surface area contributed by atoms with E-state index in [1.165, 1.54) is 103 Å². The van der Waals surface area contributed by atoms with Gasteiger partial charge in [-0.2, -0.15) is 0 Å². The summed E-state index contributed by atoms with van der Waals surface area (Å²) in [7, 11) is 0. The molecule has 1 unspecified atom stereocenters. The maximum Gasteiger partial charge on any atom is 0.306 e. The summed E-state index contributed by atoms with van der Waals surface area (Å²) >= 11 is 0. The van der Waals surface area contributed by atoms with Crippen molar-refractivity contribution in [2.45, 2.75) is 252 Å². The molecule has 0 saturated heterocycles. The third-order valence-corrected chi connectivity index (χ3v) is 11.0. The van der Waals surface area contributed by atoms with Crippen molar-refractivity contribution in [2.75, 3.05) is 13.2 Å². The molecule has 0 rings (SSSR count). The molecule has 0 heterocycles. The Hall–Kier alpha value is -3.15. The number of carbonyl (C=O) groups is 3. The van der Waals surface area contributed by atoms with E-state index in [1.807, 2.05) is 0 Å². The van der Waals surface area contributed by atoms with Crippen LogP contribution in [0.5, 0.6) is 0 Å².